The molecule has 1 heterocycles. The van der Waals surface area contributed by atoms with Crippen molar-refractivity contribution in [3.8, 4) is 11.8 Å². The van der Waals surface area contributed by atoms with Crippen molar-refractivity contribution in [3.05, 3.63) is 52.6 Å². The molecule has 3 fully saturated rings. The Hall–Kier alpha value is -2.96. The highest BCUT2D eigenvalue weighted by Gasteiger charge is 2.66. The van der Waals surface area contributed by atoms with Gasteiger partial charge in [0, 0.05) is 44.1 Å². The highest BCUT2D eigenvalue weighted by Crippen LogP contribution is 2.70. The Kier molecular flexibility index (Phi) is 7.83. The number of hydrogen-bond donors (Lipinski definition) is 0. The van der Waals surface area contributed by atoms with Crippen molar-refractivity contribution < 1.29 is 36.6 Å². The zero-order valence-corrected chi connectivity index (χ0v) is 24.6. The van der Waals surface area contributed by atoms with E-state index < -0.39 is 29.0 Å². The molecule has 1 saturated heterocycles. The summed E-state index contributed by atoms with van der Waals surface area (Å²) >= 11 is 0. The molecule has 230 valence electrons. The second kappa shape index (κ2) is 11.2. The second-order valence-electron chi connectivity index (χ2n) is 12.8. The van der Waals surface area contributed by atoms with Crippen molar-refractivity contribution in [2.24, 2.45) is 22.7 Å². The molecule has 6 atom stereocenters. The molecule has 1 unspecified atom stereocenters. The number of carbonyl (C=O) groups is 2. The molecule has 5 aliphatic rings. The van der Waals surface area contributed by atoms with Crippen LogP contribution in [-0.2, 0) is 19.1 Å². The van der Waals surface area contributed by atoms with Crippen molar-refractivity contribution in [2.75, 3.05) is 44.9 Å². The number of methoxy groups -OCH3 is 1. The Bertz CT molecular complexity index is 1410. The summed E-state index contributed by atoms with van der Waals surface area (Å²) in [6.07, 6.45) is -2.72. The molecule has 1 aromatic carbocycles. The zero-order valence-electron chi connectivity index (χ0n) is 24.6. The number of hydrogen-bond acceptors (Lipinski definition) is 5. The number of ether oxygens (including phenoxy) is 2. The SMILES string of the molecule is COCC(=O)[C@@]1(C#CC(F)(F)F)CC[C@H]2[C@@H]3CC(F)C4=CC(=O)CCC4=C3[C@@H](c3ccc(N4CCOCC4)cc3)C[C@@]21C. The fraction of sp³-hybridized carbons (Fsp3) is 0.588. The molecule has 0 bridgehead atoms. The van der Waals surface area contributed by atoms with Crippen molar-refractivity contribution in [3.63, 3.8) is 0 Å². The molecule has 0 radical (unpaired) electrons. The number of alkyl halides is 4. The lowest BCUT2D eigenvalue weighted by Gasteiger charge is -2.55. The van der Waals surface area contributed by atoms with Crippen LogP contribution >= 0.6 is 0 Å². The summed E-state index contributed by atoms with van der Waals surface area (Å²) in [5, 5.41) is 0. The lowest BCUT2D eigenvalue weighted by molar-refractivity contribution is -0.137. The van der Waals surface area contributed by atoms with Crippen LogP contribution in [0.1, 0.15) is 56.9 Å². The molecule has 2 saturated carbocycles. The first kappa shape index (κ1) is 30.1. The summed E-state index contributed by atoms with van der Waals surface area (Å²) in [5.74, 6) is 2.61. The van der Waals surface area contributed by atoms with E-state index in [0.29, 0.717) is 44.5 Å². The minimum Gasteiger partial charge on any atom is -0.378 e. The van der Waals surface area contributed by atoms with E-state index in [1.54, 1.807) is 0 Å². The summed E-state index contributed by atoms with van der Waals surface area (Å²) < 4.78 is 67.1. The molecule has 0 spiro atoms. The number of ketones is 2. The first-order valence-electron chi connectivity index (χ1n) is 15.1. The summed E-state index contributed by atoms with van der Waals surface area (Å²) in [7, 11) is 1.35. The minimum atomic E-state index is -4.76. The normalized spacial score (nSPS) is 34.0. The number of anilines is 1. The molecule has 6 rings (SSSR count). The van der Waals surface area contributed by atoms with Gasteiger partial charge in [-0.05, 0) is 84.3 Å². The molecule has 1 aliphatic heterocycles. The minimum absolute atomic E-state index is 0.0833. The Balaban J connectivity index is 1.50. The average molecular weight is 600 g/mol. The summed E-state index contributed by atoms with van der Waals surface area (Å²) in [5.41, 5.74) is 1.94. The van der Waals surface area contributed by atoms with Crippen LogP contribution in [0.2, 0.25) is 0 Å². The van der Waals surface area contributed by atoms with Crippen molar-refractivity contribution >= 4 is 17.3 Å². The maximum Gasteiger partial charge on any atom is 0.457 e. The van der Waals surface area contributed by atoms with Gasteiger partial charge in [-0.15, -0.1) is 0 Å². The third kappa shape index (κ3) is 5.14. The van der Waals surface area contributed by atoms with E-state index in [0.717, 1.165) is 35.5 Å². The summed E-state index contributed by atoms with van der Waals surface area (Å²) in [6.45, 7) is 4.41. The topological polar surface area (TPSA) is 55.8 Å². The first-order chi connectivity index (χ1) is 20.5. The van der Waals surface area contributed by atoms with Crippen LogP contribution in [0.25, 0.3) is 0 Å². The lowest BCUT2D eigenvalue weighted by atomic mass is 9.48. The molecule has 1 aromatic rings. The van der Waals surface area contributed by atoms with Gasteiger partial charge in [-0.3, -0.25) is 9.59 Å². The van der Waals surface area contributed by atoms with Crippen LogP contribution < -0.4 is 4.90 Å². The van der Waals surface area contributed by atoms with Gasteiger partial charge in [0.25, 0.3) is 0 Å². The number of carbonyl (C=O) groups excluding carboxylic acids is 2. The molecule has 0 N–H and O–H groups in total. The first-order valence-corrected chi connectivity index (χ1v) is 15.1. The zero-order chi connectivity index (χ0) is 30.6. The Morgan fingerprint density at radius 1 is 1.16 bits per heavy atom. The number of halogens is 4. The molecular formula is C34H37F4NO4. The second-order valence-corrected chi connectivity index (χ2v) is 12.8. The van der Waals surface area contributed by atoms with Crippen LogP contribution in [0.5, 0.6) is 0 Å². The summed E-state index contributed by atoms with van der Waals surface area (Å²) in [6, 6.07) is 8.21. The molecular weight excluding hydrogens is 562 g/mol. The van der Waals surface area contributed by atoms with Gasteiger partial charge < -0.3 is 14.4 Å². The number of morpholine rings is 1. The van der Waals surface area contributed by atoms with E-state index in [4.69, 9.17) is 9.47 Å². The number of Topliss-reactive ketones (excluding diaryl/α,β-unsaturated/α-hetero) is 1. The predicted octanol–water partition coefficient (Wildman–Crippen LogP) is 6.14. The van der Waals surface area contributed by atoms with Crippen LogP contribution in [-0.4, -0.2) is 63.9 Å². The predicted molar refractivity (Wildman–Crippen MR) is 153 cm³/mol. The van der Waals surface area contributed by atoms with Gasteiger partial charge in [0.2, 0.25) is 0 Å². The lowest BCUT2D eigenvalue weighted by Crippen LogP contribution is -2.52. The van der Waals surface area contributed by atoms with E-state index >= 15 is 4.39 Å². The number of allylic oxidation sites excluding steroid dienone is 4. The molecule has 0 amide bonds. The van der Waals surface area contributed by atoms with Crippen molar-refractivity contribution in [1.82, 2.24) is 0 Å². The van der Waals surface area contributed by atoms with Gasteiger partial charge in [-0.2, -0.15) is 13.2 Å². The fourth-order valence-corrected chi connectivity index (χ4v) is 8.86. The quantitative estimate of drug-likeness (QED) is 0.301. The number of rotatable bonds is 5. The van der Waals surface area contributed by atoms with Gasteiger partial charge in [-0.1, -0.05) is 30.6 Å². The maximum absolute atomic E-state index is 15.9. The molecule has 5 nitrogen and oxygen atoms in total. The summed E-state index contributed by atoms with van der Waals surface area (Å²) in [4.78, 5) is 28.3. The third-order valence-corrected chi connectivity index (χ3v) is 10.8. The van der Waals surface area contributed by atoms with Crippen molar-refractivity contribution in [1.29, 1.82) is 0 Å². The van der Waals surface area contributed by atoms with E-state index in [-0.39, 0.29) is 43.0 Å². The van der Waals surface area contributed by atoms with Crippen LogP contribution in [0, 0.1) is 34.5 Å². The van der Waals surface area contributed by atoms with E-state index in [1.807, 2.05) is 6.92 Å². The van der Waals surface area contributed by atoms with E-state index in [1.165, 1.54) is 19.1 Å². The maximum atomic E-state index is 15.9. The largest absolute Gasteiger partial charge is 0.457 e. The third-order valence-electron chi connectivity index (χ3n) is 10.8. The standard InChI is InChI=1S/C34H37F4NO4/c1-32-19-27(21-3-5-22(6-4-21)39-13-15-43-16-14-39)31-24-8-7-23(40)17-25(24)29(35)18-26(31)28(32)9-10-33(32,30(41)20-42-2)11-12-34(36,37)38/h3-6,17,26-29H,7-10,13-16,18-20H2,1-2H3/t26-,27+,28-,29?,32-,33-/m0/s1. The van der Waals surface area contributed by atoms with Crippen molar-refractivity contribution in [2.45, 2.75) is 63.7 Å². The van der Waals surface area contributed by atoms with E-state index in [9.17, 15) is 22.8 Å². The van der Waals surface area contributed by atoms with E-state index in [2.05, 4.69) is 35.1 Å². The van der Waals surface area contributed by atoms with Gasteiger partial charge in [0.1, 0.15) is 12.8 Å². The Morgan fingerprint density at radius 3 is 2.56 bits per heavy atom. The monoisotopic (exact) mass is 599 g/mol. The highest BCUT2D eigenvalue weighted by molar-refractivity contribution is 5.93. The molecule has 9 heteroatoms. The number of nitrogens with zero attached hydrogens (tertiary/aromatic N) is 1. The number of fused-ring (bicyclic) bond motifs is 4. The Labute approximate surface area is 249 Å². The van der Waals surface area contributed by atoms with Crippen LogP contribution in [0.3, 0.4) is 0 Å². The molecule has 4 aliphatic carbocycles. The number of benzene rings is 1. The van der Waals surface area contributed by atoms with Gasteiger partial charge in [0.05, 0.1) is 18.6 Å². The average Bonchev–Trinajstić information content (AvgIpc) is 3.29. The van der Waals surface area contributed by atoms with Crippen LogP contribution in [0.15, 0.2) is 47.1 Å². The molecule has 0 aromatic heterocycles. The fourth-order valence-electron chi connectivity index (χ4n) is 8.86. The van der Waals surface area contributed by atoms with Gasteiger partial charge in [-0.25, -0.2) is 4.39 Å². The smallest absolute Gasteiger partial charge is 0.378 e. The van der Waals surface area contributed by atoms with Gasteiger partial charge in [0.15, 0.2) is 11.6 Å². The Morgan fingerprint density at radius 2 is 1.88 bits per heavy atom. The molecule has 43 heavy (non-hydrogen) atoms. The highest BCUT2D eigenvalue weighted by atomic mass is 19.4. The van der Waals surface area contributed by atoms with Crippen LogP contribution in [0.4, 0.5) is 23.2 Å². The van der Waals surface area contributed by atoms with Gasteiger partial charge >= 0.3 is 6.18 Å².